The summed E-state index contributed by atoms with van der Waals surface area (Å²) in [7, 11) is 4.51. The minimum atomic E-state index is -0.515. The van der Waals surface area contributed by atoms with E-state index in [2.05, 4.69) is 0 Å². The maximum absolute atomic E-state index is 12.8. The van der Waals surface area contributed by atoms with Gasteiger partial charge in [0.1, 0.15) is 5.75 Å². The lowest BCUT2D eigenvalue weighted by Crippen LogP contribution is -2.32. The summed E-state index contributed by atoms with van der Waals surface area (Å²) in [6.45, 7) is 1.77. The van der Waals surface area contributed by atoms with Crippen LogP contribution in [-0.2, 0) is 11.8 Å². The number of hydrogen-bond acceptors (Lipinski definition) is 6. The van der Waals surface area contributed by atoms with Gasteiger partial charge in [0.2, 0.25) is 5.75 Å². The SMILES string of the molecule is COc1cc([C@H]2CC(=O)Oc3cc(C)n(C)c(=O)c32)cc(OC)c1O. The van der Waals surface area contributed by atoms with Crippen molar-refractivity contribution in [3.8, 4) is 23.0 Å². The normalized spacial score (nSPS) is 16.2. The fourth-order valence-corrected chi connectivity index (χ4v) is 3.05. The average Bonchev–Trinajstić information content (AvgIpc) is 2.59. The number of aromatic nitrogens is 1. The van der Waals surface area contributed by atoms with Crippen molar-refractivity contribution in [2.45, 2.75) is 19.3 Å². The molecule has 0 radical (unpaired) electrons. The van der Waals surface area contributed by atoms with E-state index < -0.39 is 11.9 Å². The van der Waals surface area contributed by atoms with Crippen molar-refractivity contribution >= 4 is 5.97 Å². The highest BCUT2D eigenvalue weighted by Gasteiger charge is 2.33. The number of aromatic hydroxyl groups is 1. The highest BCUT2D eigenvalue weighted by Crippen LogP contribution is 2.43. The van der Waals surface area contributed by atoms with Crippen LogP contribution in [0.4, 0.5) is 0 Å². The Bertz CT molecular complexity index is 890. The number of phenolic OH excluding ortho intramolecular Hbond substituents is 1. The number of carbonyl (C=O) groups is 1. The first kappa shape index (κ1) is 16.9. The summed E-state index contributed by atoms with van der Waals surface area (Å²) in [5, 5.41) is 10.1. The number of carbonyl (C=O) groups excluding carboxylic acids is 1. The fraction of sp³-hybridized carbons (Fsp3) is 0.333. The number of aryl methyl sites for hydroxylation is 1. The zero-order chi connectivity index (χ0) is 18.3. The topological polar surface area (TPSA) is 87.0 Å². The monoisotopic (exact) mass is 345 g/mol. The number of hydrogen-bond donors (Lipinski definition) is 1. The molecule has 1 aliphatic heterocycles. The molecule has 2 aromatic rings. The van der Waals surface area contributed by atoms with E-state index in [-0.39, 0.29) is 35.0 Å². The van der Waals surface area contributed by atoms with Crippen LogP contribution >= 0.6 is 0 Å². The molecule has 132 valence electrons. The number of benzene rings is 1. The lowest BCUT2D eigenvalue weighted by atomic mass is 9.86. The van der Waals surface area contributed by atoms with E-state index >= 15 is 0 Å². The molecule has 7 heteroatoms. The third-order valence-electron chi connectivity index (χ3n) is 4.52. The first-order chi connectivity index (χ1) is 11.9. The summed E-state index contributed by atoms with van der Waals surface area (Å²) < 4.78 is 17.1. The predicted octanol–water partition coefficient (Wildman–Crippen LogP) is 1.86. The van der Waals surface area contributed by atoms with Crippen LogP contribution in [0.15, 0.2) is 23.0 Å². The van der Waals surface area contributed by atoms with Crippen LogP contribution in [0.5, 0.6) is 23.0 Å². The molecule has 3 rings (SSSR count). The van der Waals surface area contributed by atoms with E-state index in [1.165, 1.54) is 18.8 Å². The van der Waals surface area contributed by atoms with Crippen molar-refractivity contribution in [3.63, 3.8) is 0 Å². The Labute approximate surface area is 144 Å². The second kappa shape index (κ2) is 6.16. The molecule has 0 spiro atoms. The number of phenols is 1. The molecule has 1 N–H and O–H groups in total. The molecule has 0 saturated heterocycles. The Hall–Kier alpha value is -2.96. The second-order valence-corrected chi connectivity index (χ2v) is 5.93. The van der Waals surface area contributed by atoms with Gasteiger partial charge >= 0.3 is 5.97 Å². The van der Waals surface area contributed by atoms with E-state index in [0.717, 1.165) is 0 Å². The summed E-state index contributed by atoms with van der Waals surface area (Å²) >= 11 is 0. The van der Waals surface area contributed by atoms with Crippen molar-refractivity contribution in [1.29, 1.82) is 0 Å². The molecule has 25 heavy (non-hydrogen) atoms. The largest absolute Gasteiger partial charge is 0.502 e. The van der Waals surface area contributed by atoms with Gasteiger partial charge in [0, 0.05) is 24.7 Å². The number of pyridine rings is 1. The lowest BCUT2D eigenvalue weighted by molar-refractivity contribution is -0.135. The Morgan fingerprint density at radius 3 is 2.32 bits per heavy atom. The third kappa shape index (κ3) is 2.71. The standard InChI is InChI=1S/C18H19NO6/c1-9-5-12-16(18(22)19(9)2)11(8-15(20)25-12)10-6-13(23-3)17(21)14(7-10)24-4/h5-7,11,21H,8H2,1-4H3/t11-/m1/s1. The molecule has 1 atom stereocenters. The van der Waals surface area contributed by atoms with E-state index in [0.29, 0.717) is 16.8 Å². The van der Waals surface area contributed by atoms with Gasteiger partial charge in [0.25, 0.3) is 5.56 Å². The summed E-state index contributed by atoms with van der Waals surface area (Å²) in [5.41, 5.74) is 1.50. The molecule has 1 aromatic carbocycles. The lowest BCUT2D eigenvalue weighted by Gasteiger charge is -2.26. The van der Waals surface area contributed by atoms with Gasteiger partial charge < -0.3 is 23.9 Å². The van der Waals surface area contributed by atoms with Crippen molar-refractivity contribution in [2.24, 2.45) is 7.05 Å². The molecule has 0 unspecified atom stereocenters. The number of ether oxygens (including phenoxy) is 3. The molecule has 0 fully saturated rings. The molecule has 1 aliphatic rings. The van der Waals surface area contributed by atoms with Crippen LogP contribution in [0.2, 0.25) is 0 Å². The van der Waals surface area contributed by atoms with E-state index in [1.807, 2.05) is 0 Å². The van der Waals surface area contributed by atoms with Crippen LogP contribution in [-0.4, -0.2) is 29.9 Å². The van der Waals surface area contributed by atoms with E-state index in [9.17, 15) is 14.7 Å². The Balaban J connectivity index is 2.25. The fourth-order valence-electron chi connectivity index (χ4n) is 3.05. The molecule has 0 amide bonds. The smallest absolute Gasteiger partial charge is 0.312 e. The van der Waals surface area contributed by atoms with Crippen LogP contribution in [0.3, 0.4) is 0 Å². The van der Waals surface area contributed by atoms with Crippen molar-refractivity contribution in [3.05, 3.63) is 45.4 Å². The number of fused-ring (bicyclic) bond motifs is 1. The molecule has 0 bridgehead atoms. The van der Waals surface area contributed by atoms with E-state index in [1.54, 1.807) is 32.2 Å². The number of esters is 1. The van der Waals surface area contributed by atoms with Gasteiger partial charge in [-0.05, 0) is 24.6 Å². The number of methoxy groups -OCH3 is 2. The minimum absolute atomic E-state index is 0.0163. The number of nitrogens with zero attached hydrogens (tertiary/aromatic N) is 1. The highest BCUT2D eigenvalue weighted by atomic mass is 16.5. The molecule has 0 aliphatic carbocycles. The quantitative estimate of drug-likeness (QED) is 0.855. The maximum atomic E-state index is 12.8. The zero-order valence-electron chi connectivity index (χ0n) is 14.5. The second-order valence-electron chi connectivity index (χ2n) is 5.93. The van der Waals surface area contributed by atoms with Gasteiger partial charge in [0.05, 0.1) is 26.2 Å². The van der Waals surface area contributed by atoms with Crippen molar-refractivity contribution in [2.75, 3.05) is 14.2 Å². The van der Waals surface area contributed by atoms with Crippen LogP contribution < -0.4 is 19.8 Å². The van der Waals surface area contributed by atoms with Gasteiger partial charge in [0.15, 0.2) is 11.5 Å². The van der Waals surface area contributed by atoms with Gasteiger partial charge in [-0.3, -0.25) is 9.59 Å². The first-order valence-corrected chi connectivity index (χ1v) is 7.73. The van der Waals surface area contributed by atoms with Crippen LogP contribution in [0, 0.1) is 6.92 Å². The summed E-state index contributed by atoms with van der Waals surface area (Å²) in [5.74, 6) is -0.385. The van der Waals surface area contributed by atoms with Crippen LogP contribution in [0.1, 0.15) is 29.2 Å². The van der Waals surface area contributed by atoms with Crippen molar-refractivity contribution < 1.29 is 24.1 Å². The Morgan fingerprint density at radius 1 is 1.16 bits per heavy atom. The Morgan fingerprint density at radius 2 is 1.76 bits per heavy atom. The average molecular weight is 345 g/mol. The van der Waals surface area contributed by atoms with E-state index in [4.69, 9.17) is 14.2 Å². The van der Waals surface area contributed by atoms with Crippen molar-refractivity contribution in [1.82, 2.24) is 4.57 Å². The summed E-state index contributed by atoms with van der Waals surface area (Å²) in [6, 6.07) is 4.88. The van der Waals surface area contributed by atoms with Gasteiger partial charge in [-0.1, -0.05) is 0 Å². The maximum Gasteiger partial charge on any atom is 0.312 e. The van der Waals surface area contributed by atoms with Gasteiger partial charge in [-0.15, -0.1) is 0 Å². The predicted molar refractivity (Wildman–Crippen MR) is 89.7 cm³/mol. The van der Waals surface area contributed by atoms with Crippen LogP contribution in [0.25, 0.3) is 0 Å². The first-order valence-electron chi connectivity index (χ1n) is 7.73. The van der Waals surface area contributed by atoms with Gasteiger partial charge in [-0.2, -0.15) is 0 Å². The molecular weight excluding hydrogens is 326 g/mol. The zero-order valence-corrected chi connectivity index (χ0v) is 14.5. The summed E-state index contributed by atoms with van der Waals surface area (Å²) in [4.78, 5) is 24.8. The molecular formula is C18H19NO6. The minimum Gasteiger partial charge on any atom is -0.502 e. The molecule has 7 nitrogen and oxygen atoms in total. The molecule has 2 heterocycles. The third-order valence-corrected chi connectivity index (χ3v) is 4.52. The number of rotatable bonds is 3. The molecule has 0 saturated carbocycles. The Kier molecular flexibility index (Phi) is 4.16. The summed E-state index contributed by atoms with van der Waals surface area (Å²) in [6.07, 6.45) is 0.0163. The molecule has 1 aromatic heterocycles. The van der Waals surface area contributed by atoms with Gasteiger partial charge in [-0.25, -0.2) is 0 Å². The highest BCUT2D eigenvalue weighted by molar-refractivity contribution is 5.78.